The molecule has 0 aliphatic heterocycles. The third kappa shape index (κ3) is 6.11. The molecule has 3 rings (SSSR count). The van der Waals surface area contributed by atoms with Crippen molar-refractivity contribution in [3.8, 4) is 11.3 Å². The zero-order chi connectivity index (χ0) is 24.1. The third-order valence-electron chi connectivity index (χ3n) is 4.43. The number of carbonyl (C=O) groups is 3. The highest BCUT2D eigenvalue weighted by atomic mass is 35.5. The fourth-order valence-electron chi connectivity index (χ4n) is 2.63. The number of rotatable bonds is 7. The summed E-state index contributed by atoms with van der Waals surface area (Å²) in [7, 11) is 0. The van der Waals surface area contributed by atoms with Crippen LogP contribution in [0.1, 0.15) is 24.2 Å². The molecule has 2 aromatic carbocycles. The largest absolute Gasteiger partial charge is 0.451 e. The van der Waals surface area contributed by atoms with E-state index in [9.17, 15) is 23.2 Å². The van der Waals surface area contributed by atoms with Crippen LogP contribution in [-0.2, 0) is 14.3 Å². The van der Waals surface area contributed by atoms with Gasteiger partial charge in [-0.1, -0.05) is 23.7 Å². The van der Waals surface area contributed by atoms with Crippen LogP contribution in [0.4, 0.5) is 13.9 Å². The van der Waals surface area contributed by atoms with Crippen molar-refractivity contribution in [1.29, 1.82) is 0 Å². The maximum Gasteiger partial charge on any atom is 0.329 e. The maximum atomic E-state index is 13.4. The lowest BCUT2D eigenvalue weighted by Crippen LogP contribution is -2.42. The lowest BCUT2D eigenvalue weighted by atomic mass is 10.2. The second-order valence-corrected chi connectivity index (χ2v) is 8.18. The Morgan fingerprint density at radius 2 is 1.82 bits per heavy atom. The Kier molecular flexibility index (Phi) is 7.72. The lowest BCUT2D eigenvalue weighted by molar-refractivity contribution is -0.154. The van der Waals surface area contributed by atoms with E-state index in [0.717, 1.165) is 23.5 Å². The van der Waals surface area contributed by atoms with Crippen LogP contribution in [0.5, 0.6) is 0 Å². The van der Waals surface area contributed by atoms with Gasteiger partial charge in [-0.15, -0.1) is 11.3 Å². The van der Waals surface area contributed by atoms with Gasteiger partial charge in [0.2, 0.25) is 0 Å². The lowest BCUT2D eigenvalue weighted by Gasteiger charge is -2.17. The normalized spacial score (nSPS) is 12.5. The smallest absolute Gasteiger partial charge is 0.329 e. The Hall–Kier alpha value is -3.37. The van der Waals surface area contributed by atoms with E-state index in [1.54, 1.807) is 23.6 Å². The predicted molar refractivity (Wildman–Crippen MR) is 120 cm³/mol. The Balaban J connectivity index is 1.55. The van der Waals surface area contributed by atoms with Gasteiger partial charge in [0.15, 0.2) is 22.9 Å². The zero-order valence-corrected chi connectivity index (χ0v) is 19.0. The molecule has 2 N–H and O–H groups in total. The molecule has 1 aromatic heterocycles. The first kappa shape index (κ1) is 24.3. The second-order valence-electron chi connectivity index (χ2n) is 6.91. The highest BCUT2D eigenvalue weighted by molar-refractivity contribution is 7.14. The number of amides is 2. The Labute approximate surface area is 196 Å². The molecule has 0 bridgehead atoms. The molecule has 0 saturated heterocycles. The van der Waals surface area contributed by atoms with Crippen molar-refractivity contribution in [3.05, 3.63) is 70.1 Å². The molecule has 0 radical (unpaired) electrons. The summed E-state index contributed by atoms with van der Waals surface area (Å²) in [6, 6.07) is 8.66. The first-order chi connectivity index (χ1) is 15.7. The van der Waals surface area contributed by atoms with Gasteiger partial charge >= 0.3 is 5.97 Å². The van der Waals surface area contributed by atoms with Crippen molar-refractivity contribution in [1.82, 2.24) is 10.3 Å². The monoisotopic (exact) mass is 493 g/mol. The first-order valence-corrected chi connectivity index (χ1v) is 10.9. The molecule has 33 heavy (non-hydrogen) atoms. The van der Waals surface area contributed by atoms with Crippen molar-refractivity contribution in [3.63, 3.8) is 0 Å². The van der Waals surface area contributed by atoms with Gasteiger partial charge in [-0.3, -0.25) is 14.9 Å². The average Bonchev–Trinajstić information content (AvgIpc) is 3.24. The first-order valence-electron chi connectivity index (χ1n) is 9.63. The van der Waals surface area contributed by atoms with Gasteiger partial charge in [0.1, 0.15) is 6.04 Å². The van der Waals surface area contributed by atoms with E-state index in [0.29, 0.717) is 11.3 Å². The van der Waals surface area contributed by atoms with Gasteiger partial charge in [-0.25, -0.2) is 18.6 Å². The average molecular weight is 494 g/mol. The number of hydrogen-bond acceptors (Lipinski definition) is 6. The quantitative estimate of drug-likeness (QED) is 0.474. The molecule has 11 heteroatoms. The van der Waals surface area contributed by atoms with Gasteiger partial charge in [0, 0.05) is 10.9 Å². The number of hydrogen-bond donors (Lipinski definition) is 2. The van der Waals surface area contributed by atoms with Crippen LogP contribution in [0.15, 0.2) is 47.8 Å². The minimum atomic E-state index is -1.19. The zero-order valence-electron chi connectivity index (χ0n) is 17.4. The molecule has 0 spiro atoms. The molecule has 1 heterocycles. The summed E-state index contributed by atoms with van der Waals surface area (Å²) in [6.45, 7) is 2.77. The van der Waals surface area contributed by atoms with Gasteiger partial charge in [0.05, 0.1) is 16.3 Å². The highest BCUT2D eigenvalue weighted by Crippen LogP contribution is 2.26. The number of carbonyl (C=O) groups excluding carboxylic acids is 3. The van der Waals surface area contributed by atoms with Gasteiger partial charge in [-0.05, 0) is 44.2 Å². The summed E-state index contributed by atoms with van der Waals surface area (Å²) in [4.78, 5) is 41.1. The van der Waals surface area contributed by atoms with Crippen LogP contribution >= 0.6 is 22.9 Å². The number of benzene rings is 2. The van der Waals surface area contributed by atoms with E-state index in [1.807, 2.05) is 0 Å². The number of nitrogens with one attached hydrogen (secondary N) is 2. The van der Waals surface area contributed by atoms with Gasteiger partial charge < -0.3 is 10.1 Å². The SMILES string of the molecule is C[C@@H](NC(=O)c1ccccc1Cl)C(=O)O[C@H](C)C(=O)Nc1nc(-c2ccc(F)c(F)c2)cs1. The van der Waals surface area contributed by atoms with E-state index in [2.05, 4.69) is 15.6 Å². The van der Waals surface area contributed by atoms with Crippen molar-refractivity contribution < 1.29 is 27.9 Å². The van der Waals surface area contributed by atoms with E-state index in [-0.39, 0.29) is 15.7 Å². The molecule has 172 valence electrons. The van der Waals surface area contributed by atoms with E-state index >= 15 is 0 Å². The van der Waals surface area contributed by atoms with Gasteiger partial charge in [0.25, 0.3) is 11.8 Å². The second kappa shape index (κ2) is 10.5. The minimum absolute atomic E-state index is 0.183. The van der Waals surface area contributed by atoms with Crippen molar-refractivity contribution >= 4 is 45.9 Å². The van der Waals surface area contributed by atoms with Crippen molar-refractivity contribution in [2.75, 3.05) is 5.32 Å². The van der Waals surface area contributed by atoms with Crippen LogP contribution in [0.3, 0.4) is 0 Å². The Bertz CT molecular complexity index is 1200. The molecular weight excluding hydrogens is 476 g/mol. The summed E-state index contributed by atoms with van der Waals surface area (Å²) in [5, 5.41) is 6.93. The molecule has 2 amide bonds. The molecule has 0 aliphatic carbocycles. The predicted octanol–water partition coefficient (Wildman–Crippen LogP) is 4.43. The van der Waals surface area contributed by atoms with Crippen LogP contribution in [-0.4, -0.2) is 34.9 Å². The molecule has 0 aliphatic rings. The van der Waals surface area contributed by atoms with E-state index in [4.69, 9.17) is 16.3 Å². The van der Waals surface area contributed by atoms with Crippen LogP contribution in [0.25, 0.3) is 11.3 Å². The molecule has 3 aromatic rings. The number of thiazole rings is 1. The maximum absolute atomic E-state index is 13.4. The number of esters is 1. The molecule has 7 nitrogen and oxygen atoms in total. The van der Waals surface area contributed by atoms with E-state index < -0.39 is 41.6 Å². The Morgan fingerprint density at radius 3 is 2.52 bits per heavy atom. The fraction of sp³-hybridized carbons (Fsp3) is 0.182. The number of aromatic nitrogens is 1. The standard InChI is InChI=1S/C22H18ClF2N3O4S/c1-11(26-20(30)14-5-3-4-6-15(14)23)21(31)32-12(2)19(29)28-22-27-18(10-33-22)13-7-8-16(24)17(25)9-13/h3-12H,1-2H3,(H,26,30)(H,27,28,29)/t11-,12-/m1/s1. The Morgan fingerprint density at radius 1 is 1.09 bits per heavy atom. The molecular formula is C22H18ClF2N3O4S. The summed E-state index contributed by atoms with van der Waals surface area (Å²) in [5.41, 5.74) is 0.883. The highest BCUT2D eigenvalue weighted by Gasteiger charge is 2.24. The topological polar surface area (TPSA) is 97.4 Å². The molecule has 0 fully saturated rings. The van der Waals surface area contributed by atoms with Crippen LogP contribution in [0.2, 0.25) is 5.02 Å². The van der Waals surface area contributed by atoms with Crippen molar-refractivity contribution in [2.45, 2.75) is 26.0 Å². The number of halogens is 3. The summed E-state index contributed by atoms with van der Waals surface area (Å²) < 4.78 is 31.6. The molecule has 2 atom stereocenters. The summed E-state index contributed by atoms with van der Waals surface area (Å²) >= 11 is 7.03. The number of ether oxygens (including phenoxy) is 1. The van der Waals surface area contributed by atoms with E-state index in [1.165, 1.54) is 26.0 Å². The summed E-state index contributed by atoms with van der Waals surface area (Å²) in [5.74, 6) is -4.02. The molecule has 0 saturated carbocycles. The van der Waals surface area contributed by atoms with Gasteiger partial charge in [-0.2, -0.15) is 0 Å². The number of nitrogens with zero attached hydrogens (tertiary/aromatic N) is 1. The van der Waals surface area contributed by atoms with Crippen LogP contribution in [0, 0.1) is 11.6 Å². The third-order valence-corrected chi connectivity index (χ3v) is 5.52. The van der Waals surface area contributed by atoms with Crippen LogP contribution < -0.4 is 10.6 Å². The summed E-state index contributed by atoms with van der Waals surface area (Å²) in [6.07, 6.45) is -1.19. The minimum Gasteiger partial charge on any atom is -0.451 e. The fourth-order valence-corrected chi connectivity index (χ4v) is 3.58. The molecule has 0 unspecified atom stereocenters. The van der Waals surface area contributed by atoms with Crippen molar-refractivity contribution in [2.24, 2.45) is 0 Å². The number of anilines is 1.